The Morgan fingerprint density at radius 2 is 1.62 bits per heavy atom. The molecule has 4 heterocycles. The molecule has 0 spiro atoms. The van der Waals surface area contributed by atoms with Gasteiger partial charge in [0.2, 0.25) is 0 Å². The number of hydrogen-bond donors (Lipinski definition) is 0. The number of pyridine rings is 1. The van der Waals surface area contributed by atoms with Crippen molar-refractivity contribution in [3.63, 3.8) is 0 Å². The van der Waals surface area contributed by atoms with E-state index < -0.39 is 0 Å². The van der Waals surface area contributed by atoms with Gasteiger partial charge in [0.25, 0.3) is 0 Å². The summed E-state index contributed by atoms with van der Waals surface area (Å²) in [5.74, 6) is 0.650. The van der Waals surface area contributed by atoms with Crippen molar-refractivity contribution in [1.82, 2.24) is 4.98 Å². The van der Waals surface area contributed by atoms with E-state index in [9.17, 15) is 0 Å². The molecule has 3 aromatic heterocycles. The summed E-state index contributed by atoms with van der Waals surface area (Å²) in [4.78, 5) is 9.27. The predicted molar refractivity (Wildman–Crippen MR) is 195 cm³/mol. The first-order valence-corrected chi connectivity index (χ1v) is 17.1. The van der Waals surface area contributed by atoms with E-state index in [1.165, 1.54) is 32.1 Å². The summed E-state index contributed by atoms with van der Waals surface area (Å²) in [6, 6.07) is 37.0. The number of para-hydroxylation sites is 1. The van der Waals surface area contributed by atoms with E-state index in [0.717, 1.165) is 38.4 Å². The number of nitrogens with zero attached hydrogens (tertiary/aromatic N) is 3. The Bertz CT molecular complexity index is 2300. The Balaban J connectivity index is 0.00000351. The minimum Gasteiger partial charge on any atom is -0.497 e. The van der Waals surface area contributed by atoms with Gasteiger partial charge in [-0.15, -0.1) is 48.0 Å². The quantitative estimate of drug-likeness (QED) is 0.162. The molecule has 1 aliphatic rings. The SMILES string of the molecule is CC1=C(C)N(c2ccccc2)[CH-]N1c1[c-]c(Oc2[c-]c3c(-c4cc(C(C)(C)C)ccn4)c4cc5sccc5cc4cc3s2)ccc1.[Pt]. The molecule has 0 amide bonds. The average molecular weight is 830 g/mol. The molecule has 0 atom stereocenters. The fourth-order valence-corrected chi connectivity index (χ4v) is 7.81. The summed E-state index contributed by atoms with van der Waals surface area (Å²) >= 11 is 3.37. The Kier molecular flexibility index (Phi) is 8.24. The Morgan fingerprint density at radius 1 is 0.809 bits per heavy atom. The number of benzene rings is 4. The maximum Gasteiger partial charge on any atom is 0.107 e. The van der Waals surface area contributed by atoms with E-state index in [0.29, 0.717) is 10.8 Å². The van der Waals surface area contributed by atoms with Crippen LogP contribution < -0.4 is 14.5 Å². The summed E-state index contributed by atoms with van der Waals surface area (Å²) in [5, 5.41) is 7.51. The summed E-state index contributed by atoms with van der Waals surface area (Å²) in [6.45, 7) is 13.1. The first-order chi connectivity index (χ1) is 22.2. The van der Waals surface area contributed by atoms with Gasteiger partial charge in [-0.2, -0.15) is 22.8 Å². The van der Waals surface area contributed by atoms with E-state index in [1.807, 2.05) is 24.4 Å². The van der Waals surface area contributed by atoms with Crippen molar-refractivity contribution in [2.24, 2.45) is 0 Å². The molecule has 4 nitrogen and oxygen atoms in total. The summed E-state index contributed by atoms with van der Waals surface area (Å²) in [5.41, 5.74) is 7.68. The number of ether oxygens (including phenoxy) is 1. The second kappa shape index (κ2) is 12.2. The molecule has 8 rings (SSSR count). The van der Waals surface area contributed by atoms with Gasteiger partial charge in [-0.05, 0) is 83.4 Å². The zero-order valence-electron chi connectivity index (χ0n) is 26.7. The van der Waals surface area contributed by atoms with Crippen LogP contribution in [0, 0.1) is 18.8 Å². The van der Waals surface area contributed by atoms with Crippen molar-refractivity contribution >= 4 is 65.0 Å². The number of hydrogen-bond acceptors (Lipinski definition) is 6. The predicted octanol–water partition coefficient (Wildman–Crippen LogP) is 11.7. The van der Waals surface area contributed by atoms with Crippen LogP contribution in [-0.2, 0) is 26.5 Å². The van der Waals surface area contributed by atoms with Crippen molar-refractivity contribution in [3.05, 3.63) is 132 Å². The molecule has 0 saturated heterocycles. The van der Waals surface area contributed by atoms with Crippen molar-refractivity contribution < 1.29 is 25.8 Å². The Labute approximate surface area is 298 Å². The van der Waals surface area contributed by atoms with Crippen LogP contribution in [0.25, 0.3) is 42.2 Å². The molecule has 0 unspecified atom stereocenters. The Morgan fingerprint density at radius 3 is 2.43 bits per heavy atom. The Hall–Kier alpha value is -3.96. The molecule has 0 aliphatic carbocycles. The van der Waals surface area contributed by atoms with E-state index >= 15 is 0 Å². The standard InChI is InChI=1S/C40H32N3OS2.Pt/c1-25-26(2)43(24-42(25)30-10-7-6-8-11-30)31-12-9-13-32(21-31)44-38-23-34-37(46-38)19-28-18-27-15-17-45-36(27)22-33(28)39(34)35-20-29(14-16-41-35)40(3,4)5;/h6-20,22,24H,1-5H3;/q-3;. The van der Waals surface area contributed by atoms with Gasteiger partial charge in [0.1, 0.15) is 5.06 Å². The van der Waals surface area contributed by atoms with Crippen molar-refractivity contribution in [3.8, 4) is 22.1 Å². The van der Waals surface area contributed by atoms with Crippen LogP contribution >= 0.6 is 22.7 Å². The summed E-state index contributed by atoms with van der Waals surface area (Å²) in [7, 11) is 0. The van der Waals surface area contributed by atoms with Gasteiger partial charge < -0.3 is 14.5 Å². The third-order valence-electron chi connectivity index (χ3n) is 8.72. The summed E-state index contributed by atoms with van der Waals surface area (Å²) in [6.07, 6.45) is 1.93. The van der Waals surface area contributed by atoms with E-state index in [2.05, 4.69) is 135 Å². The zero-order valence-corrected chi connectivity index (χ0v) is 30.6. The van der Waals surface area contributed by atoms with Gasteiger partial charge in [-0.3, -0.25) is 4.98 Å². The van der Waals surface area contributed by atoms with Gasteiger partial charge in [0.15, 0.2) is 0 Å². The van der Waals surface area contributed by atoms with Gasteiger partial charge in [-0.25, -0.2) is 0 Å². The first-order valence-electron chi connectivity index (χ1n) is 15.4. The zero-order chi connectivity index (χ0) is 31.6. The smallest absolute Gasteiger partial charge is 0.107 e. The maximum atomic E-state index is 6.51. The van der Waals surface area contributed by atoms with Crippen molar-refractivity contribution in [2.45, 2.75) is 40.0 Å². The topological polar surface area (TPSA) is 28.6 Å². The fraction of sp³-hybridized carbons (Fsp3) is 0.150. The van der Waals surface area contributed by atoms with Crippen LogP contribution in [0.5, 0.6) is 10.8 Å². The second-order valence-corrected chi connectivity index (χ2v) is 14.7. The average Bonchev–Trinajstić information content (AvgIpc) is 3.76. The molecule has 4 aromatic carbocycles. The number of thiophene rings is 2. The molecule has 1 aliphatic heterocycles. The van der Waals surface area contributed by atoms with E-state index in [1.54, 1.807) is 22.7 Å². The third-order valence-corrected chi connectivity index (χ3v) is 10.5. The minimum absolute atomic E-state index is 0. The molecule has 47 heavy (non-hydrogen) atoms. The normalized spacial score (nSPS) is 13.6. The van der Waals surface area contributed by atoms with E-state index in [-0.39, 0.29) is 26.5 Å². The molecule has 0 fully saturated rings. The molecule has 0 N–H and O–H groups in total. The monoisotopic (exact) mass is 829 g/mol. The van der Waals surface area contributed by atoms with Crippen LogP contribution in [0.3, 0.4) is 0 Å². The number of allylic oxidation sites excluding steroid dienone is 2. The van der Waals surface area contributed by atoms with Gasteiger partial charge >= 0.3 is 0 Å². The maximum absolute atomic E-state index is 6.51. The molecule has 0 bridgehead atoms. The molecule has 238 valence electrons. The number of rotatable bonds is 5. The molecule has 0 saturated carbocycles. The van der Waals surface area contributed by atoms with Crippen LogP contribution in [-0.4, -0.2) is 4.98 Å². The van der Waals surface area contributed by atoms with Crippen molar-refractivity contribution in [1.29, 1.82) is 0 Å². The molecule has 0 radical (unpaired) electrons. The molecular formula is C40H32N3OPtS2-3. The second-order valence-electron chi connectivity index (χ2n) is 12.7. The minimum atomic E-state index is 0. The molecular weight excluding hydrogens is 798 g/mol. The number of fused-ring (bicyclic) bond motifs is 3. The van der Waals surface area contributed by atoms with Crippen molar-refractivity contribution in [2.75, 3.05) is 9.80 Å². The van der Waals surface area contributed by atoms with Gasteiger partial charge in [0, 0.05) is 60.5 Å². The van der Waals surface area contributed by atoms with E-state index in [4.69, 9.17) is 9.72 Å². The first kappa shape index (κ1) is 31.6. The largest absolute Gasteiger partial charge is 0.497 e. The van der Waals surface area contributed by atoms with Crippen LogP contribution in [0.15, 0.2) is 108 Å². The number of aromatic nitrogens is 1. The van der Waals surface area contributed by atoms with Crippen LogP contribution in [0.2, 0.25) is 0 Å². The van der Waals surface area contributed by atoms with Crippen LogP contribution in [0.4, 0.5) is 11.4 Å². The molecule has 7 heteroatoms. The number of anilines is 2. The fourth-order valence-electron chi connectivity index (χ4n) is 6.08. The van der Waals surface area contributed by atoms with Gasteiger partial charge in [0.05, 0.1) is 0 Å². The van der Waals surface area contributed by atoms with Gasteiger partial charge in [-0.1, -0.05) is 60.7 Å². The third kappa shape index (κ3) is 5.77. The summed E-state index contributed by atoms with van der Waals surface area (Å²) < 4.78 is 8.90. The van der Waals surface area contributed by atoms with Crippen LogP contribution in [0.1, 0.15) is 40.2 Å². The molecule has 7 aromatic rings.